The third-order valence-corrected chi connectivity index (χ3v) is 4.33. The van der Waals surface area contributed by atoms with Gasteiger partial charge in [0, 0.05) is 10.4 Å². The summed E-state index contributed by atoms with van der Waals surface area (Å²) in [7, 11) is 0. The van der Waals surface area contributed by atoms with Crippen LogP contribution in [0.2, 0.25) is 8.67 Å². The van der Waals surface area contributed by atoms with Gasteiger partial charge >= 0.3 is 5.97 Å². The molecule has 0 aromatic carbocycles. The highest BCUT2D eigenvalue weighted by atomic mass is 35.5. The number of hydrogen-bond donors (Lipinski definition) is 1. The lowest BCUT2D eigenvalue weighted by Gasteiger charge is -1.91. The van der Waals surface area contributed by atoms with Crippen molar-refractivity contribution in [3.8, 4) is 10.4 Å². The molecule has 0 saturated heterocycles. The van der Waals surface area contributed by atoms with Crippen molar-refractivity contribution in [2.75, 3.05) is 0 Å². The summed E-state index contributed by atoms with van der Waals surface area (Å²) in [5.41, 5.74) is 0.796. The Balaban J connectivity index is 2.45. The third kappa shape index (κ3) is 2.18. The van der Waals surface area contributed by atoms with E-state index < -0.39 is 5.97 Å². The van der Waals surface area contributed by atoms with E-state index in [1.54, 1.807) is 18.2 Å². The number of thiophene rings is 2. The van der Waals surface area contributed by atoms with Crippen LogP contribution in [-0.2, 0) is 0 Å². The number of hydrogen-bond acceptors (Lipinski definition) is 3. The van der Waals surface area contributed by atoms with Crippen LogP contribution in [0.25, 0.3) is 10.4 Å². The van der Waals surface area contributed by atoms with Crippen LogP contribution < -0.4 is 0 Å². The van der Waals surface area contributed by atoms with E-state index in [-0.39, 0.29) is 0 Å². The molecule has 0 unspecified atom stereocenters. The Labute approximate surface area is 104 Å². The number of carbonyl (C=O) groups is 1. The first-order chi connectivity index (χ1) is 7.08. The van der Waals surface area contributed by atoms with Gasteiger partial charge in [-0.3, -0.25) is 0 Å². The van der Waals surface area contributed by atoms with E-state index >= 15 is 0 Å². The Morgan fingerprint density at radius 3 is 2.47 bits per heavy atom. The minimum absolute atomic E-state index is 0.295. The van der Waals surface area contributed by atoms with E-state index in [1.807, 2.05) is 0 Å². The van der Waals surface area contributed by atoms with E-state index in [0.717, 1.165) is 10.4 Å². The number of carboxylic acid groups (broad SMARTS) is 1. The summed E-state index contributed by atoms with van der Waals surface area (Å²) < 4.78 is 1.18. The summed E-state index contributed by atoms with van der Waals surface area (Å²) in [6.45, 7) is 0. The molecule has 0 atom stereocenters. The smallest absolute Gasteiger partial charge is 0.345 e. The molecule has 0 bridgehead atoms. The SMILES string of the molecule is O=C(O)c1ccc(-c2cc(Cl)sc2Cl)s1. The van der Waals surface area contributed by atoms with Crippen molar-refractivity contribution in [1.82, 2.24) is 0 Å². The molecule has 2 rings (SSSR count). The Bertz CT molecular complexity index is 516. The molecule has 1 N–H and O–H groups in total. The molecular weight excluding hydrogens is 275 g/mol. The number of rotatable bonds is 2. The lowest BCUT2D eigenvalue weighted by atomic mass is 10.3. The highest BCUT2D eigenvalue weighted by Gasteiger charge is 2.13. The molecule has 78 valence electrons. The van der Waals surface area contributed by atoms with Crippen LogP contribution in [0, 0.1) is 0 Å². The Hall–Kier alpha value is -0.550. The number of halogens is 2. The number of aromatic carboxylic acids is 1. The highest BCUT2D eigenvalue weighted by Crippen LogP contribution is 2.40. The van der Waals surface area contributed by atoms with Crippen LogP contribution in [0.15, 0.2) is 18.2 Å². The molecule has 0 amide bonds. The first-order valence-electron chi connectivity index (χ1n) is 3.86. The van der Waals surface area contributed by atoms with Crippen LogP contribution in [0.3, 0.4) is 0 Å². The van der Waals surface area contributed by atoms with Gasteiger partial charge in [0.25, 0.3) is 0 Å². The van der Waals surface area contributed by atoms with E-state index in [1.165, 1.54) is 22.7 Å². The number of carboxylic acids is 1. The fraction of sp³-hybridized carbons (Fsp3) is 0. The first kappa shape index (κ1) is 11.0. The monoisotopic (exact) mass is 278 g/mol. The van der Waals surface area contributed by atoms with Crippen molar-refractivity contribution in [1.29, 1.82) is 0 Å². The normalized spacial score (nSPS) is 10.5. The van der Waals surface area contributed by atoms with Crippen molar-refractivity contribution in [2.24, 2.45) is 0 Å². The second-order valence-electron chi connectivity index (χ2n) is 2.71. The summed E-state index contributed by atoms with van der Waals surface area (Å²) in [5, 5.41) is 8.77. The van der Waals surface area contributed by atoms with Gasteiger partial charge in [-0.2, -0.15) is 0 Å². The molecule has 0 aliphatic heterocycles. The summed E-state index contributed by atoms with van der Waals surface area (Å²) in [6, 6.07) is 5.04. The summed E-state index contributed by atoms with van der Waals surface area (Å²) >= 11 is 14.2. The lowest BCUT2D eigenvalue weighted by Crippen LogP contribution is -1.89. The molecule has 2 heterocycles. The van der Waals surface area contributed by atoms with Crippen molar-refractivity contribution in [3.05, 3.63) is 31.7 Å². The van der Waals surface area contributed by atoms with E-state index in [9.17, 15) is 4.79 Å². The second kappa shape index (κ2) is 4.14. The van der Waals surface area contributed by atoms with Gasteiger partial charge in [-0.1, -0.05) is 23.2 Å². The molecular formula is C9H4Cl2O2S2. The van der Waals surface area contributed by atoms with Gasteiger partial charge in [-0.15, -0.1) is 22.7 Å². The molecule has 0 aliphatic rings. The zero-order chi connectivity index (χ0) is 11.0. The minimum atomic E-state index is -0.927. The van der Waals surface area contributed by atoms with Gasteiger partial charge in [0.2, 0.25) is 0 Å². The van der Waals surface area contributed by atoms with Crippen LogP contribution >= 0.6 is 45.9 Å². The maximum Gasteiger partial charge on any atom is 0.345 e. The molecule has 2 aromatic rings. The fourth-order valence-corrected chi connectivity index (χ4v) is 3.59. The van der Waals surface area contributed by atoms with Crippen molar-refractivity contribution in [3.63, 3.8) is 0 Å². The minimum Gasteiger partial charge on any atom is -0.477 e. The highest BCUT2D eigenvalue weighted by molar-refractivity contribution is 7.21. The van der Waals surface area contributed by atoms with Gasteiger partial charge in [0.15, 0.2) is 0 Å². The van der Waals surface area contributed by atoms with Crippen LogP contribution in [0.1, 0.15) is 9.67 Å². The molecule has 6 heteroatoms. The van der Waals surface area contributed by atoms with Gasteiger partial charge in [0.05, 0.1) is 4.34 Å². The molecule has 15 heavy (non-hydrogen) atoms. The van der Waals surface area contributed by atoms with E-state index in [4.69, 9.17) is 28.3 Å². The van der Waals surface area contributed by atoms with Crippen molar-refractivity contribution < 1.29 is 9.90 Å². The van der Waals surface area contributed by atoms with Crippen LogP contribution in [0.5, 0.6) is 0 Å². The molecule has 0 radical (unpaired) electrons. The molecule has 0 fully saturated rings. The Kier molecular flexibility index (Phi) is 3.02. The average molecular weight is 279 g/mol. The molecule has 0 saturated carbocycles. The standard InChI is InChI=1S/C9H4Cl2O2S2/c10-7-3-4(8(11)15-7)5-1-2-6(14-5)9(12)13/h1-3H,(H,12,13). The van der Waals surface area contributed by atoms with Gasteiger partial charge < -0.3 is 5.11 Å². The predicted molar refractivity (Wildman–Crippen MR) is 64.6 cm³/mol. The quantitative estimate of drug-likeness (QED) is 0.879. The Morgan fingerprint density at radius 1 is 1.27 bits per heavy atom. The summed E-state index contributed by atoms with van der Waals surface area (Å²) in [6.07, 6.45) is 0. The van der Waals surface area contributed by atoms with Crippen molar-refractivity contribution in [2.45, 2.75) is 0 Å². The third-order valence-electron chi connectivity index (χ3n) is 1.74. The predicted octanol–water partition coefficient (Wildman–Crippen LogP) is 4.48. The molecule has 0 aliphatic carbocycles. The molecule has 2 nitrogen and oxygen atoms in total. The zero-order valence-corrected chi connectivity index (χ0v) is 10.3. The second-order valence-corrected chi connectivity index (χ2v) is 6.08. The lowest BCUT2D eigenvalue weighted by molar-refractivity contribution is 0.0702. The van der Waals surface area contributed by atoms with E-state index in [0.29, 0.717) is 13.5 Å². The van der Waals surface area contributed by atoms with Gasteiger partial charge in [-0.05, 0) is 18.2 Å². The average Bonchev–Trinajstić information content (AvgIpc) is 2.71. The maximum atomic E-state index is 10.7. The van der Waals surface area contributed by atoms with Gasteiger partial charge in [-0.25, -0.2) is 4.79 Å². The van der Waals surface area contributed by atoms with Crippen LogP contribution in [-0.4, -0.2) is 11.1 Å². The van der Waals surface area contributed by atoms with Crippen LogP contribution in [0.4, 0.5) is 0 Å². The fourth-order valence-electron chi connectivity index (χ4n) is 1.11. The van der Waals surface area contributed by atoms with E-state index in [2.05, 4.69) is 0 Å². The maximum absolute atomic E-state index is 10.7. The van der Waals surface area contributed by atoms with Crippen molar-refractivity contribution >= 4 is 51.8 Å². The zero-order valence-electron chi connectivity index (χ0n) is 7.16. The first-order valence-corrected chi connectivity index (χ1v) is 6.25. The summed E-state index contributed by atoms with van der Waals surface area (Å²) in [4.78, 5) is 11.8. The molecule has 0 spiro atoms. The summed E-state index contributed by atoms with van der Waals surface area (Å²) in [5.74, 6) is -0.927. The molecule has 2 aromatic heterocycles. The largest absolute Gasteiger partial charge is 0.477 e. The van der Waals surface area contributed by atoms with Gasteiger partial charge in [0.1, 0.15) is 9.21 Å². The Morgan fingerprint density at radius 2 is 2.00 bits per heavy atom. The topological polar surface area (TPSA) is 37.3 Å².